The van der Waals surface area contributed by atoms with Crippen LogP contribution in [0, 0.1) is 0 Å². The van der Waals surface area contributed by atoms with E-state index in [1.165, 1.54) is 4.88 Å². The number of carbonyl (C=O) groups excluding carboxylic acids is 1. The molecular formula is C19H25BrN2O3S. The van der Waals surface area contributed by atoms with Gasteiger partial charge in [-0.15, -0.1) is 11.3 Å². The van der Waals surface area contributed by atoms with Gasteiger partial charge in [-0.25, -0.2) is 0 Å². The molecule has 1 heterocycles. The highest BCUT2D eigenvalue weighted by Gasteiger charge is 2.18. The molecule has 7 heteroatoms. The summed E-state index contributed by atoms with van der Waals surface area (Å²) in [6.45, 7) is 7.10. The van der Waals surface area contributed by atoms with Crippen molar-refractivity contribution in [2.24, 2.45) is 0 Å². The van der Waals surface area contributed by atoms with E-state index in [2.05, 4.69) is 38.0 Å². The van der Waals surface area contributed by atoms with Crippen LogP contribution in [0.3, 0.4) is 0 Å². The number of ether oxygens (including phenoxy) is 2. The first-order valence-electron chi connectivity index (χ1n) is 8.32. The summed E-state index contributed by atoms with van der Waals surface area (Å²) in [5.74, 6) is 1.01. The van der Waals surface area contributed by atoms with E-state index >= 15 is 0 Å². The molecule has 0 atom stereocenters. The smallest absolute Gasteiger partial charge is 0.258 e. The molecule has 2 N–H and O–H groups in total. The number of halogens is 1. The predicted molar refractivity (Wildman–Crippen MR) is 109 cm³/mol. The van der Waals surface area contributed by atoms with E-state index in [1.54, 1.807) is 18.4 Å². The summed E-state index contributed by atoms with van der Waals surface area (Å²) in [4.78, 5) is 13.4. The fourth-order valence-corrected chi connectivity index (χ4v) is 3.51. The second-order valence-corrected chi connectivity index (χ2v) is 8.71. The largest absolute Gasteiger partial charge is 0.493 e. The van der Waals surface area contributed by atoms with Gasteiger partial charge in [-0.1, -0.05) is 22.0 Å². The van der Waals surface area contributed by atoms with Crippen LogP contribution >= 0.6 is 27.3 Å². The Morgan fingerprint density at radius 2 is 2.00 bits per heavy atom. The molecule has 0 saturated carbocycles. The normalized spacial score (nSPS) is 11.3. The zero-order chi connectivity index (χ0) is 19.2. The minimum Gasteiger partial charge on any atom is -0.493 e. The van der Waals surface area contributed by atoms with Gasteiger partial charge in [-0.05, 0) is 44.4 Å². The molecule has 0 bridgehead atoms. The van der Waals surface area contributed by atoms with Crippen LogP contribution in [0.2, 0.25) is 0 Å². The first-order valence-corrected chi connectivity index (χ1v) is 9.99. The van der Waals surface area contributed by atoms with Crippen molar-refractivity contribution in [2.75, 3.05) is 13.7 Å². The van der Waals surface area contributed by atoms with Gasteiger partial charge in [0.1, 0.15) is 0 Å². The third-order valence-electron chi connectivity index (χ3n) is 3.43. The topological polar surface area (TPSA) is 59.6 Å². The van der Waals surface area contributed by atoms with Crippen molar-refractivity contribution in [3.8, 4) is 11.5 Å². The molecule has 0 fully saturated rings. The Hall–Kier alpha value is -1.57. The maximum atomic E-state index is 12.1. The Balaban J connectivity index is 2.09. The highest BCUT2D eigenvalue weighted by atomic mass is 79.9. The SMILES string of the molecule is COc1ccc(Br)c(CNCc2cccs2)c1OCC(=O)NC(C)(C)C. The van der Waals surface area contributed by atoms with E-state index in [0.29, 0.717) is 18.0 Å². The summed E-state index contributed by atoms with van der Waals surface area (Å²) in [5.41, 5.74) is 0.622. The number of amides is 1. The lowest BCUT2D eigenvalue weighted by Gasteiger charge is -2.21. The predicted octanol–water partition coefficient (Wildman–Crippen LogP) is 4.10. The van der Waals surface area contributed by atoms with E-state index in [1.807, 2.05) is 39.0 Å². The molecule has 0 aliphatic rings. The maximum absolute atomic E-state index is 12.1. The molecule has 1 aromatic heterocycles. The van der Waals surface area contributed by atoms with Crippen LogP contribution in [0.15, 0.2) is 34.1 Å². The van der Waals surface area contributed by atoms with Gasteiger partial charge in [0.05, 0.1) is 7.11 Å². The zero-order valence-corrected chi connectivity index (χ0v) is 17.9. The van der Waals surface area contributed by atoms with E-state index < -0.39 is 0 Å². The van der Waals surface area contributed by atoms with Crippen molar-refractivity contribution in [3.63, 3.8) is 0 Å². The van der Waals surface area contributed by atoms with Crippen molar-refractivity contribution < 1.29 is 14.3 Å². The second kappa shape index (κ2) is 9.39. The monoisotopic (exact) mass is 440 g/mol. The molecule has 0 saturated heterocycles. The summed E-state index contributed by atoms with van der Waals surface area (Å²) >= 11 is 5.28. The molecule has 0 spiro atoms. The minimum absolute atomic E-state index is 0.0675. The summed E-state index contributed by atoms with van der Waals surface area (Å²) in [6, 6.07) is 7.87. The van der Waals surface area contributed by atoms with E-state index in [0.717, 1.165) is 16.6 Å². The first kappa shape index (κ1) is 20.7. The lowest BCUT2D eigenvalue weighted by molar-refractivity contribution is -0.124. The molecule has 2 aromatic rings. The average molecular weight is 441 g/mol. The number of carbonyl (C=O) groups is 1. The van der Waals surface area contributed by atoms with Crippen molar-refractivity contribution in [2.45, 2.75) is 39.4 Å². The molecule has 0 radical (unpaired) electrons. The van der Waals surface area contributed by atoms with E-state index in [9.17, 15) is 4.79 Å². The number of rotatable bonds is 8. The fourth-order valence-electron chi connectivity index (χ4n) is 2.38. The van der Waals surface area contributed by atoms with Crippen LogP contribution in [0.5, 0.6) is 11.5 Å². The van der Waals surface area contributed by atoms with Crippen LogP contribution in [-0.4, -0.2) is 25.2 Å². The number of nitrogens with one attached hydrogen (secondary N) is 2. The Morgan fingerprint density at radius 3 is 2.62 bits per heavy atom. The summed E-state index contributed by atoms with van der Waals surface area (Å²) < 4.78 is 12.2. The lowest BCUT2D eigenvalue weighted by atomic mass is 10.1. The van der Waals surface area contributed by atoms with Crippen LogP contribution in [0.25, 0.3) is 0 Å². The molecule has 0 aliphatic carbocycles. The highest BCUT2D eigenvalue weighted by Crippen LogP contribution is 2.36. The molecule has 2 rings (SSSR count). The number of methoxy groups -OCH3 is 1. The van der Waals surface area contributed by atoms with Gasteiger partial charge in [-0.2, -0.15) is 0 Å². The number of hydrogen-bond acceptors (Lipinski definition) is 5. The number of thiophene rings is 1. The van der Waals surface area contributed by atoms with E-state index in [4.69, 9.17) is 9.47 Å². The number of benzene rings is 1. The minimum atomic E-state index is -0.299. The van der Waals surface area contributed by atoms with Crippen molar-refractivity contribution in [3.05, 3.63) is 44.6 Å². The van der Waals surface area contributed by atoms with Crippen LogP contribution in [0.4, 0.5) is 0 Å². The highest BCUT2D eigenvalue weighted by molar-refractivity contribution is 9.10. The first-order chi connectivity index (χ1) is 12.3. The summed E-state index contributed by atoms with van der Waals surface area (Å²) in [6.07, 6.45) is 0. The summed E-state index contributed by atoms with van der Waals surface area (Å²) in [7, 11) is 1.59. The Labute approximate surface area is 167 Å². The molecular weight excluding hydrogens is 416 g/mol. The van der Waals surface area contributed by atoms with Gasteiger partial charge >= 0.3 is 0 Å². The van der Waals surface area contributed by atoms with Crippen LogP contribution in [-0.2, 0) is 17.9 Å². The average Bonchev–Trinajstić information content (AvgIpc) is 3.06. The molecule has 0 unspecified atom stereocenters. The van der Waals surface area contributed by atoms with E-state index in [-0.39, 0.29) is 18.1 Å². The molecule has 1 aromatic carbocycles. The quantitative estimate of drug-likeness (QED) is 0.648. The van der Waals surface area contributed by atoms with Gasteiger partial charge in [-0.3, -0.25) is 4.79 Å². The van der Waals surface area contributed by atoms with Crippen molar-refractivity contribution in [1.29, 1.82) is 0 Å². The number of hydrogen-bond donors (Lipinski definition) is 2. The maximum Gasteiger partial charge on any atom is 0.258 e. The third-order valence-corrected chi connectivity index (χ3v) is 5.05. The second-order valence-electron chi connectivity index (χ2n) is 6.83. The molecule has 0 aliphatic heterocycles. The molecule has 142 valence electrons. The van der Waals surface area contributed by atoms with Gasteiger partial charge in [0.2, 0.25) is 0 Å². The van der Waals surface area contributed by atoms with Gasteiger partial charge in [0, 0.05) is 33.5 Å². The lowest BCUT2D eigenvalue weighted by Crippen LogP contribution is -2.43. The van der Waals surface area contributed by atoms with Crippen LogP contribution < -0.4 is 20.1 Å². The molecule has 26 heavy (non-hydrogen) atoms. The van der Waals surface area contributed by atoms with Gasteiger partial charge in [0.25, 0.3) is 5.91 Å². The van der Waals surface area contributed by atoms with Crippen LogP contribution in [0.1, 0.15) is 31.2 Å². The third kappa shape index (κ3) is 6.30. The molecule has 5 nitrogen and oxygen atoms in total. The summed E-state index contributed by atoms with van der Waals surface area (Å²) in [5, 5.41) is 8.36. The van der Waals surface area contributed by atoms with Crippen molar-refractivity contribution in [1.82, 2.24) is 10.6 Å². The zero-order valence-electron chi connectivity index (χ0n) is 15.5. The standard InChI is InChI=1S/C19H25BrN2O3S/c1-19(2,3)22-17(23)12-25-18-14(15(20)7-8-16(18)24-4)11-21-10-13-6-5-9-26-13/h5-9,21H,10-12H2,1-4H3,(H,22,23). The fraction of sp³-hybridized carbons (Fsp3) is 0.421. The Kier molecular flexibility index (Phi) is 7.49. The Morgan fingerprint density at radius 1 is 1.23 bits per heavy atom. The molecule has 1 amide bonds. The van der Waals surface area contributed by atoms with Crippen molar-refractivity contribution >= 4 is 33.2 Å². The van der Waals surface area contributed by atoms with Gasteiger partial charge < -0.3 is 20.1 Å². The van der Waals surface area contributed by atoms with Gasteiger partial charge in [0.15, 0.2) is 18.1 Å². The Bertz CT molecular complexity index is 727.